The molecule has 1 aromatic carbocycles. The highest BCUT2D eigenvalue weighted by molar-refractivity contribution is 5.93. The summed E-state index contributed by atoms with van der Waals surface area (Å²) < 4.78 is 0. The van der Waals surface area contributed by atoms with E-state index in [0.29, 0.717) is 12.2 Å². The van der Waals surface area contributed by atoms with E-state index in [4.69, 9.17) is 0 Å². The lowest BCUT2D eigenvalue weighted by Gasteiger charge is -2.14. The number of aryl methyl sites for hydroxylation is 1. The second-order valence-corrected chi connectivity index (χ2v) is 4.48. The summed E-state index contributed by atoms with van der Waals surface area (Å²) >= 11 is 0. The van der Waals surface area contributed by atoms with Gasteiger partial charge in [-0.15, -0.1) is 0 Å². The molecule has 0 heterocycles. The molecule has 0 radical (unpaired) electrons. The van der Waals surface area contributed by atoms with Gasteiger partial charge >= 0.3 is 6.03 Å². The Morgan fingerprint density at radius 3 is 2.42 bits per heavy atom. The number of anilines is 1. The topological polar surface area (TPSA) is 70.2 Å². The maximum absolute atomic E-state index is 11.7. The fraction of sp³-hybridized carbons (Fsp3) is 0.429. The molecule has 104 valence electrons. The molecule has 0 saturated heterocycles. The number of carbonyl (C=O) groups is 2. The van der Waals surface area contributed by atoms with Crippen molar-refractivity contribution < 1.29 is 9.59 Å². The molecule has 5 heteroatoms. The molecule has 19 heavy (non-hydrogen) atoms. The van der Waals surface area contributed by atoms with Crippen LogP contribution in [0.3, 0.4) is 0 Å². The quantitative estimate of drug-likeness (QED) is 0.760. The first kappa shape index (κ1) is 15.0. The van der Waals surface area contributed by atoms with E-state index in [1.54, 1.807) is 6.92 Å². The molecule has 0 aliphatic heterocycles. The maximum Gasteiger partial charge on any atom is 0.319 e. The van der Waals surface area contributed by atoms with Crippen molar-refractivity contribution in [1.82, 2.24) is 10.6 Å². The first-order valence-electron chi connectivity index (χ1n) is 6.44. The maximum atomic E-state index is 11.7. The molecular formula is C14H21N3O2. The summed E-state index contributed by atoms with van der Waals surface area (Å²) in [5.74, 6) is -0.180. The van der Waals surface area contributed by atoms with Crippen LogP contribution in [0.5, 0.6) is 0 Å². The summed E-state index contributed by atoms with van der Waals surface area (Å²) in [5, 5.41) is 8.00. The number of urea groups is 1. The smallest absolute Gasteiger partial charge is 0.319 e. The fourth-order valence-corrected chi connectivity index (χ4v) is 1.47. The predicted octanol–water partition coefficient (Wildman–Crippen LogP) is 2.03. The molecule has 0 aliphatic rings. The van der Waals surface area contributed by atoms with Crippen LogP contribution in [0.1, 0.15) is 25.8 Å². The second kappa shape index (κ2) is 7.41. The molecule has 1 rings (SSSR count). The van der Waals surface area contributed by atoms with E-state index in [1.165, 1.54) is 0 Å². The summed E-state index contributed by atoms with van der Waals surface area (Å²) in [6.07, 6.45) is 0.869. The van der Waals surface area contributed by atoms with Gasteiger partial charge in [-0.2, -0.15) is 0 Å². The second-order valence-electron chi connectivity index (χ2n) is 4.48. The molecule has 1 unspecified atom stereocenters. The molecule has 0 spiro atoms. The molecule has 5 nitrogen and oxygen atoms in total. The molecule has 0 saturated carbocycles. The van der Waals surface area contributed by atoms with Gasteiger partial charge in [-0.1, -0.05) is 24.6 Å². The van der Waals surface area contributed by atoms with Crippen molar-refractivity contribution in [2.24, 2.45) is 0 Å². The number of amides is 3. The van der Waals surface area contributed by atoms with Gasteiger partial charge < -0.3 is 16.0 Å². The lowest BCUT2D eigenvalue weighted by atomic mass is 10.2. The normalized spacial score (nSPS) is 11.5. The monoisotopic (exact) mass is 263 g/mol. The lowest BCUT2D eigenvalue weighted by molar-refractivity contribution is -0.122. The summed E-state index contributed by atoms with van der Waals surface area (Å²) in [7, 11) is 0. The standard InChI is InChI=1S/C14H21N3O2/c1-4-9-15-13(18)11(3)16-14(19)17-12-7-5-10(2)6-8-12/h5-8,11H,4,9H2,1-3H3,(H,15,18)(H2,16,17,19). The number of benzene rings is 1. The number of nitrogens with one attached hydrogen (secondary N) is 3. The van der Waals surface area contributed by atoms with Gasteiger partial charge in [0.15, 0.2) is 0 Å². The van der Waals surface area contributed by atoms with Crippen molar-refractivity contribution in [3.8, 4) is 0 Å². The first-order chi connectivity index (χ1) is 9.02. The Morgan fingerprint density at radius 2 is 1.84 bits per heavy atom. The largest absolute Gasteiger partial charge is 0.354 e. The fourth-order valence-electron chi connectivity index (χ4n) is 1.47. The number of hydrogen-bond donors (Lipinski definition) is 3. The van der Waals surface area contributed by atoms with E-state index < -0.39 is 6.04 Å². The van der Waals surface area contributed by atoms with Crippen LogP contribution in [-0.4, -0.2) is 24.5 Å². The van der Waals surface area contributed by atoms with Crippen LogP contribution in [-0.2, 0) is 4.79 Å². The molecule has 0 bridgehead atoms. The Bertz CT molecular complexity index is 429. The first-order valence-corrected chi connectivity index (χ1v) is 6.44. The number of hydrogen-bond acceptors (Lipinski definition) is 2. The highest BCUT2D eigenvalue weighted by Gasteiger charge is 2.14. The Balaban J connectivity index is 2.42. The molecule has 1 aromatic rings. The molecule has 3 N–H and O–H groups in total. The average molecular weight is 263 g/mol. The summed E-state index contributed by atoms with van der Waals surface area (Å²) in [6.45, 7) is 6.22. The van der Waals surface area contributed by atoms with Gasteiger partial charge in [-0.05, 0) is 32.4 Å². The lowest BCUT2D eigenvalue weighted by Crippen LogP contribution is -2.46. The third-order valence-electron chi connectivity index (χ3n) is 2.60. The van der Waals surface area contributed by atoms with Gasteiger partial charge in [-0.3, -0.25) is 4.79 Å². The number of rotatable bonds is 5. The van der Waals surface area contributed by atoms with E-state index >= 15 is 0 Å². The minimum atomic E-state index is -0.558. The Hall–Kier alpha value is -2.04. The van der Waals surface area contributed by atoms with Crippen molar-refractivity contribution in [2.75, 3.05) is 11.9 Å². The third kappa shape index (κ3) is 5.42. The average Bonchev–Trinajstić information content (AvgIpc) is 2.38. The SMILES string of the molecule is CCCNC(=O)C(C)NC(=O)Nc1ccc(C)cc1. The third-order valence-corrected chi connectivity index (χ3v) is 2.60. The van der Waals surface area contributed by atoms with Gasteiger partial charge in [0.25, 0.3) is 0 Å². The van der Waals surface area contributed by atoms with Crippen LogP contribution in [0.2, 0.25) is 0 Å². The Morgan fingerprint density at radius 1 is 1.21 bits per heavy atom. The van der Waals surface area contributed by atoms with Crippen molar-refractivity contribution in [3.05, 3.63) is 29.8 Å². The van der Waals surface area contributed by atoms with Crippen LogP contribution >= 0.6 is 0 Å². The highest BCUT2D eigenvalue weighted by atomic mass is 16.2. The Kier molecular flexibility index (Phi) is 5.85. The van der Waals surface area contributed by atoms with Crippen LogP contribution < -0.4 is 16.0 Å². The zero-order chi connectivity index (χ0) is 14.3. The minimum absolute atomic E-state index is 0.180. The van der Waals surface area contributed by atoms with E-state index in [9.17, 15) is 9.59 Å². The van der Waals surface area contributed by atoms with Crippen LogP contribution in [0, 0.1) is 6.92 Å². The summed E-state index contributed by atoms with van der Waals surface area (Å²) in [5.41, 5.74) is 1.82. The van der Waals surface area contributed by atoms with E-state index in [-0.39, 0.29) is 11.9 Å². The van der Waals surface area contributed by atoms with E-state index in [0.717, 1.165) is 12.0 Å². The van der Waals surface area contributed by atoms with Crippen LogP contribution in [0.15, 0.2) is 24.3 Å². The zero-order valence-corrected chi connectivity index (χ0v) is 11.6. The van der Waals surface area contributed by atoms with E-state index in [2.05, 4.69) is 16.0 Å². The zero-order valence-electron chi connectivity index (χ0n) is 11.6. The molecule has 1 atom stereocenters. The van der Waals surface area contributed by atoms with Crippen molar-refractivity contribution in [3.63, 3.8) is 0 Å². The van der Waals surface area contributed by atoms with Crippen molar-refractivity contribution in [2.45, 2.75) is 33.2 Å². The van der Waals surface area contributed by atoms with Crippen molar-refractivity contribution in [1.29, 1.82) is 0 Å². The molecule has 0 aliphatic carbocycles. The number of carbonyl (C=O) groups excluding carboxylic acids is 2. The Labute approximate surface area is 113 Å². The van der Waals surface area contributed by atoms with Gasteiger partial charge in [0.05, 0.1) is 0 Å². The van der Waals surface area contributed by atoms with Crippen LogP contribution in [0.4, 0.5) is 10.5 Å². The van der Waals surface area contributed by atoms with Gasteiger partial charge in [-0.25, -0.2) is 4.79 Å². The molecule has 0 aromatic heterocycles. The van der Waals surface area contributed by atoms with Crippen LogP contribution in [0.25, 0.3) is 0 Å². The van der Waals surface area contributed by atoms with Crippen molar-refractivity contribution >= 4 is 17.6 Å². The van der Waals surface area contributed by atoms with E-state index in [1.807, 2.05) is 38.1 Å². The molecule has 0 fully saturated rings. The predicted molar refractivity (Wildman–Crippen MR) is 76.1 cm³/mol. The molecule has 3 amide bonds. The highest BCUT2D eigenvalue weighted by Crippen LogP contribution is 2.08. The molecular weight excluding hydrogens is 242 g/mol. The summed E-state index contributed by atoms with van der Waals surface area (Å²) in [4.78, 5) is 23.3. The van der Waals surface area contributed by atoms with Gasteiger partial charge in [0.1, 0.15) is 6.04 Å². The summed E-state index contributed by atoms with van der Waals surface area (Å²) in [6, 6.07) is 6.51. The van der Waals surface area contributed by atoms with Gasteiger partial charge in [0.2, 0.25) is 5.91 Å². The minimum Gasteiger partial charge on any atom is -0.354 e. The van der Waals surface area contributed by atoms with Gasteiger partial charge in [0, 0.05) is 12.2 Å².